The second-order valence-electron chi connectivity index (χ2n) is 7.41. The van der Waals surface area contributed by atoms with Crippen LogP contribution >= 0.6 is 0 Å². The number of nitrogens with two attached hydrogens (primary N) is 2. The summed E-state index contributed by atoms with van der Waals surface area (Å²) < 4.78 is 0. The Morgan fingerprint density at radius 1 is 0.586 bits per heavy atom. The summed E-state index contributed by atoms with van der Waals surface area (Å²) in [6, 6.07) is -0.716. The molecule has 172 valence electrons. The molecule has 0 aromatic rings. The van der Waals surface area contributed by atoms with Crippen LogP contribution in [-0.4, -0.2) is 45.8 Å². The molecule has 8 nitrogen and oxygen atoms in total. The Kier molecular flexibility index (Phi) is 23.0. The molecular formula is C21H42N2O6. The van der Waals surface area contributed by atoms with Gasteiger partial charge < -0.3 is 26.8 Å². The lowest BCUT2D eigenvalue weighted by atomic mass is 10.0. The fourth-order valence-corrected chi connectivity index (χ4v) is 2.78. The Bertz CT molecular complexity index is 394. The van der Waals surface area contributed by atoms with E-state index < -0.39 is 23.9 Å². The zero-order valence-corrected chi connectivity index (χ0v) is 17.8. The van der Waals surface area contributed by atoms with Crippen LogP contribution in [0.15, 0.2) is 0 Å². The number of hydrogen-bond acceptors (Lipinski definition) is 5. The molecule has 29 heavy (non-hydrogen) atoms. The molecule has 0 amide bonds. The summed E-state index contributed by atoms with van der Waals surface area (Å²) in [5, 5.41) is 25.3. The molecule has 0 aliphatic rings. The SMILES string of the molecule is NCCCCC(N)C(=O)O.O=C(O)CCCCCCCCCCCCCC(=O)O. The number of carbonyl (C=O) groups is 3. The lowest BCUT2D eigenvalue weighted by Crippen LogP contribution is -2.29. The van der Waals surface area contributed by atoms with E-state index >= 15 is 0 Å². The van der Waals surface area contributed by atoms with Gasteiger partial charge in [-0.2, -0.15) is 0 Å². The van der Waals surface area contributed by atoms with Crippen LogP contribution in [0.25, 0.3) is 0 Å². The molecule has 0 aromatic heterocycles. The van der Waals surface area contributed by atoms with Crippen molar-refractivity contribution in [2.45, 2.75) is 109 Å². The molecule has 0 spiro atoms. The largest absolute Gasteiger partial charge is 0.481 e. The molecule has 0 saturated carbocycles. The van der Waals surface area contributed by atoms with Crippen molar-refractivity contribution in [3.05, 3.63) is 0 Å². The Hall–Kier alpha value is -1.67. The zero-order valence-electron chi connectivity index (χ0n) is 17.8. The first-order valence-electron chi connectivity index (χ1n) is 10.9. The van der Waals surface area contributed by atoms with E-state index in [1.165, 1.54) is 32.1 Å². The zero-order chi connectivity index (χ0) is 22.3. The van der Waals surface area contributed by atoms with Gasteiger partial charge in [0, 0.05) is 12.8 Å². The van der Waals surface area contributed by atoms with Crippen LogP contribution in [0.2, 0.25) is 0 Å². The average Bonchev–Trinajstić information content (AvgIpc) is 2.65. The summed E-state index contributed by atoms with van der Waals surface area (Å²) in [5.41, 5.74) is 10.4. The van der Waals surface area contributed by atoms with Crippen LogP contribution < -0.4 is 11.5 Å². The van der Waals surface area contributed by atoms with Gasteiger partial charge in [-0.3, -0.25) is 14.4 Å². The van der Waals surface area contributed by atoms with Gasteiger partial charge >= 0.3 is 17.9 Å². The number of carboxylic acids is 3. The van der Waals surface area contributed by atoms with E-state index in [2.05, 4.69) is 0 Å². The van der Waals surface area contributed by atoms with Crippen LogP contribution in [-0.2, 0) is 14.4 Å². The topological polar surface area (TPSA) is 164 Å². The van der Waals surface area contributed by atoms with Crippen LogP contribution in [0.5, 0.6) is 0 Å². The van der Waals surface area contributed by atoms with E-state index in [-0.39, 0.29) is 0 Å². The van der Waals surface area contributed by atoms with E-state index in [4.69, 9.17) is 26.8 Å². The fourth-order valence-electron chi connectivity index (χ4n) is 2.78. The Balaban J connectivity index is 0. The van der Waals surface area contributed by atoms with Crippen molar-refractivity contribution in [3.8, 4) is 0 Å². The monoisotopic (exact) mass is 418 g/mol. The quantitative estimate of drug-likeness (QED) is 0.198. The normalized spacial score (nSPS) is 11.4. The van der Waals surface area contributed by atoms with Crippen LogP contribution in [0, 0.1) is 0 Å². The third-order valence-corrected chi connectivity index (χ3v) is 4.57. The molecule has 0 fully saturated rings. The molecule has 0 aliphatic carbocycles. The highest BCUT2D eigenvalue weighted by molar-refractivity contribution is 5.72. The number of carboxylic acid groups (broad SMARTS) is 3. The fraction of sp³-hybridized carbons (Fsp3) is 0.857. The highest BCUT2D eigenvalue weighted by Gasteiger charge is 2.09. The number of rotatable bonds is 19. The smallest absolute Gasteiger partial charge is 0.320 e. The molecule has 1 atom stereocenters. The maximum atomic E-state index is 10.3. The Morgan fingerprint density at radius 2 is 0.931 bits per heavy atom. The van der Waals surface area contributed by atoms with Gasteiger partial charge in [0.05, 0.1) is 0 Å². The predicted octanol–water partition coefficient (Wildman–Crippen LogP) is 3.75. The molecule has 0 rings (SSSR count). The van der Waals surface area contributed by atoms with Gasteiger partial charge in [-0.1, -0.05) is 64.2 Å². The first-order chi connectivity index (χ1) is 13.8. The highest BCUT2D eigenvalue weighted by Crippen LogP contribution is 2.12. The van der Waals surface area contributed by atoms with Crippen molar-refractivity contribution in [2.24, 2.45) is 11.5 Å². The minimum atomic E-state index is -0.933. The summed E-state index contributed by atoms with van der Waals surface area (Å²) in [4.78, 5) is 30.7. The number of unbranched alkanes of at least 4 members (excludes halogenated alkanes) is 11. The first kappa shape index (κ1) is 29.5. The molecule has 0 saturated heterocycles. The lowest BCUT2D eigenvalue weighted by Gasteiger charge is -2.03. The molecule has 8 heteroatoms. The van der Waals surface area contributed by atoms with Crippen LogP contribution in [0.1, 0.15) is 103 Å². The summed E-state index contributed by atoms with van der Waals surface area (Å²) in [6.07, 6.45) is 14.9. The summed E-state index contributed by atoms with van der Waals surface area (Å²) in [7, 11) is 0. The number of aliphatic carboxylic acids is 3. The first-order valence-corrected chi connectivity index (χ1v) is 10.9. The van der Waals surface area contributed by atoms with Gasteiger partial charge in [-0.25, -0.2) is 0 Å². The predicted molar refractivity (Wildman–Crippen MR) is 114 cm³/mol. The van der Waals surface area contributed by atoms with Crippen molar-refractivity contribution in [1.29, 1.82) is 0 Å². The third kappa shape index (κ3) is 28.6. The van der Waals surface area contributed by atoms with Crippen LogP contribution in [0.3, 0.4) is 0 Å². The van der Waals surface area contributed by atoms with E-state index in [1.54, 1.807) is 0 Å². The molecule has 1 unspecified atom stereocenters. The average molecular weight is 419 g/mol. The maximum absolute atomic E-state index is 10.3. The second kappa shape index (κ2) is 22.6. The molecule has 0 heterocycles. The molecule has 0 aromatic carbocycles. The van der Waals surface area contributed by atoms with Gasteiger partial charge in [0.2, 0.25) is 0 Å². The minimum Gasteiger partial charge on any atom is -0.481 e. The summed E-state index contributed by atoms with van der Waals surface area (Å²) in [5.74, 6) is -2.32. The van der Waals surface area contributed by atoms with E-state index in [9.17, 15) is 14.4 Å². The standard InChI is InChI=1S/C15H28O4.C6H14N2O2/c16-14(17)12-10-8-6-4-2-1-3-5-7-9-11-13-15(18)19;7-4-2-1-3-5(8)6(9)10/h1-13H2,(H,16,17)(H,18,19);5H,1-4,7-8H2,(H,9,10). The van der Waals surface area contributed by atoms with Gasteiger partial charge in [0.25, 0.3) is 0 Å². The molecule has 0 bridgehead atoms. The third-order valence-electron chi connectivity index (χ3n) is 4.57. The Labute approximate surface area is 175 Å². The maximum Gasteiger partial charge on any atom is 0.320 e. The Morgan fingerprint density at radius 3 is 1.21 bits per heavy atom. The molecule has 0 aliphatic heterocycles. The van der Waals surface area contributed by atoms with E-state index in [0.29, 0.717) is 25.8 Å². The molecule has 7 N–H and O–H groups in total. The van der Waals surface area contributed by atoms with Gasteiger partial charge in [-0.15, -0.1) is 0 Å². The lowest BCUT2D eigenvalue weighted by molar-refractivity contribution is -0.139. The highest BCUT2D eigenvalue weighted by atomic mass is 16.4. The van der Waals surface area contributed by atoms with E-state index in [1.807, 2.05) is 0 Å². The van der Waals surface area contributed by atoms with E-state index in [0.717, 1.165) is 51.4 Å². The van der Waals surface area contributed by atoms with Crippen molar-refractivity contribution in [2.75, 3.05) is 6.54 Å². The van der Waals surface area contributed by atoms with Gasteiger partial charge in [0.1, 0.15) is 6.04 Å². The van der Waals surface area contributed by atoms with Crippen molar-refractivity contribution in [3.63, 3.8) is 0 Å². The van der Waals surface area contributed by atoms with Gasteiger partial charge in [0.15, 0.2) is 0 Å². The summed E-state index contributed by atoms with van der Waals surface area (Å²) in [6.45, 7) is 0.604. The molecule has 0 radical (unpaired) electrons. The van der Waals surface area contributed by atoms with Crippen molar-refractivity contribution < 1.29 is 29.7 Å². The minimum absolute atomic E-state index is 0.302. The van der Waals surface area contributed by atoms with Crippen molar-refractivity contribution >= 4 is 17.9 Å². The summed E-state index contributed by atoms with van der Waals surface area (Å²) >= 11 is 0. The van der Waals surface area contributed by atoms with Crippen LogP contribution in [0.4, 0.5) is 0 Å². The molecular weight excluding hydrogens is 376 g/mol. The second-order valence-corrected chi connectivity index (χ2v) is 7.41. The number of hydrogen-bond donors (Lipinski definition) is 5. The van der Waals surface area contributed by atoms with Crippen molar-refractivity contribution in [1.82, 2.24) is 0 Å². The van der Waals surface area contributed by atoms with Gasteiger partial charge in [-0.05, 0) is 32.2 Å².